The van der Waals surface area contributed by atoms with E-state index < -0.39 is 6.04 Å². The largest absolute Gasteiger partial charge is 0.336 e. The highest BCUT2D eigenvalue weighted by Crippen LogP contribution is 2.06. The van der Waals surface area contributed by atoms with Crippen molar-refractivity contribution in [2.45, 2.75) is 39.2 Å². The van der Waals surface area contributed by atoms with Crippen molar-refractivity contribution in [3.63, 3.8) is 0 Å². The first kappa shape index (κ1) is 13.2. The standard InChI is InChI=1S/C14H18N2O/c1-3-5-13(10-15)16-14(17)12-8-6-11(4-2)7-9-12/h6-9,13H,3-5H2,1-2H3,(H,16,17). The number of carbonyl (C=O) groups excluding carboxylic acids is 1. The summed E-state index contributed by atoms with van der Waals surface area (Å²) in [5.41, 5.74) is 1.81. The lowest BCUT2D eigenvalue weighted by Crippen LogP contribution is -2.33. The monoisotopic (exact) mass is 230 g/mol. The average Bonchev–Trinajstić information content (AvgIpc) is 2.38. The molecule has 0 radical (unpaired) electrons. The van der Waals surface area contributed by atoms with Crippen molar-refractivity contribution in [2.75, 3.05) is 0 Å². The highest BCUT2D eigenvalue weighted by Gasteiger charge is 2.11. The fraction of sp³-hybridized carbons (Fsp3) is 0.429. The summed E-state index contributed by atoms with van der Waals surface area (Å²) < 4.78 is 0. The van der Waals surface area contributed by atoms with Gasteiger partial charge in [0.25, 0.3) is 5.91 Å². The van der Waals surface area contributed by atoms with E-state index in [2.05, 4.69) is 18.3 Å². The molecule has 1 atom stereocenters. The van der Waals surface area contributed by atoms with Crippen LogP contribution in [0.4, 0.5) is 0 Å². The van der Waals surface area contributed by atoms with Gasteiger partial charge in [-0.05, 0) is 30.5 Å². The molecule has 1 rings (SSSR count). The van der Waals surface area contributed by atoms with E-state index in [0.29, 0.717) is 12.0 Å². The minimum atomic E-state index is -0.390. The number of nitriles is 1. The topological polar surface area (TPSA) is 52.9 Å². The van der Waals surface area contributed by atoms with E-state index in [0.717, 1.165) is 12.8 Å². The minimum Gasteiger partial charge on any atom is -0.336 e. The van der Waals surface area contributed by atoms with Crippen LogP contribution in [-0.4, -0.2) is 11.9 Å². The molecule has 1 aromatic rings. The van der Waals surface area contributed by atoms with Gasteiger partial charge in [0.05, 0.1) is 6.07 Å². The quantitative estimate of drug-likeness (QED) is 0.845. The second-order valence-electron chi connectivity index (χ2n) is 3.99. The Labute approximate surface area is 102 Å². The maximum Gasteiger partial charge on any atom is 0.252 e. The number of aryl methyl sites for hydroxylation is 1. The van der Waals surface area contributed by atoms with Gasteiger partial charge in [0.15, 0.2) is 0 Å². The fourth-order valence-electron chi connectivity index (χ4n) is 1.59. The molecular weight excluding hydrogens is 212 g/mol. The summed E-state index contributed by atoms with van der Waals surface area (Å²) in [6, 6.07) is 9.19. The zero-order valence-electron chi connectivity index (χ0n) is 10.4. The lowest BCUT2D eigenvalue weighted by molar-refractivity contribution is 0.0944. The van der Waals surface area contributed by atoms with Crippen molar-refractivity contribution in [1.29, 1.82) is 5.26 Å². The predicted octanol–water partition coefficient (Wildman–Crippen LogP) is 2.67. The van der Waals surface area contributed by atoms with Gasteiger partial charge in [-0.2, -0.15) is 5.26 Å². The van der Waals surface area contributed by atoms with Crippen molar-refractivity contribution in [3.8, 4) is 6.07 Å². The summed E-state index contributed by atoms with van der Waals surface area (Å²) in [6.07, 6.45) is 2.53. The third kappa shape index (κ3) is 3.92. The highest BCUT2D eigenvalue weighted by molar-refractivity contribution is 5.94. The molecule has 3 heteroatoms. The predicted molar refractivity (Wildman–Crippen MR) is 67.6 cm³/mol. The number of nitrogens with one attached hydrogen (secondary N) is 1. The molecule has 1 N–H and O–H groups in total. The number of hydrogen-bond acceptors (Lipinski definition) is 2. The summed E-state index contributed by atoms with van der Waals surface area (Å²) >= 11 is 0. The molecule has 17 heavy (non-hydrogen) atoms. The van der Waals surface area contributed by atoms with Gasteiger partial charge in [-0.15, -0.1) is 0 Å². The first-order valence-electron chi connectivity index (χ1n) is 6.00. The van der Waals surface area contributed by atoms with Crippen LogP contribution in [0.5, 0.6) is 0 Å². The number of hydrogen-bond donors (Lipinski definition) is 1. The zero-order chi connectivity index (χ0) is 12.7. The smallest absolute Gasteiger partial charge is 0.252 e. The lowest BCUT2D eigenvalue weighted by atomic mass is 10.1. The Kier molecular flexibility index (Phi) is 5.22. The number of amides is 1. The fourth-order valence-corrected chi connectivity index (χ4v) is 1.59. The molecule has 3 nitrogen and oxygen atoms in total. The molecule has 0 heterocycles. The Morgan fingerprint density at radius 3 is 2.47 bits per heavy atom. The molecule has 1 unspecified atom stereocenters. The lowest BCUT2D eigenvalue weighted by Gasteiger charge is -2.10. The van der Waals surface area contributed by atoms with Crippen LogP contribution in [0.2, 0.25) is 0 Å². The number of benzene rings is 1. The molecule has 0 aromatic heterocycles. The van der Waals surface area contributed by atoms with Gasteiger partial charge in [-0.25, -0.2) is 0 Å². The molecule has 0 fully saturated rings. The van der Waals surface area contributed by atoms with Gasteiger partial charge >= 0.3 is 0 Å². The van der Waals surface area contributed by atoms with Gasteiger partial charge < -0.3 is 5.32 Å². The molecule has 0 saturated heterocycles. The molecule has 1 amide bonds. The van der Waals surface area contributed by atoms with E-state index in [9.17, 15) is 4.79 Å². The molecule has 0 saturated carbocycles. The maximum atomic E-state index is 11.8. The minimum absolute atomic E-state index is 0.173. The molecule has 0 aliphatic rings. The van der Waals surface area contributed by atoms with Crippen LogP contribution in [0.15, 0.2) is 24.3 Å². The molecule has 1 aromatic carbocycles. The molecule has 90 valence electrons. The number of carbonyl (C=O) groups is 1. The zero-order valence-corrected chi connectivity index (χ0v) is 10.4. The van der Waals surface area contributed by atoms with Crippen LogP contribution in [0.1, 0.15) is 42.6 Å². The van der Waals surface area contributed by atoms with Crippen molar-refractivity contribution < 1.29 is 4.79 Å². The van der Waals surface area contributed by atoms with Gasteiger partial charge in [0.1, 0.15) is 6.04 Å². The van der Waals surface area contributed by atoms with Gasteiger partial charge in [-0.1, -0.05) is 32.4 Å². The van der Waals surface area contributed by atoms with E-state index >= 15 is 0 Å². The second-order valence-corrected chi connectivity index (χ2v) is 3.99. The summed E-state index contributed by atoms with van der Waals surface area (Å²) in [6.45, 7) is 4.06. The summed E-state index contributed by atoms with van der Waals surface area (Å²) in [7, 11) is 0. The van der Waals surface area contributed by atoms with Gasteiger partial charge in [0.2, 0.25) is 0 Å². The third-order valence-electron chi connectivity index (χ3n) is 2.66. The Morgan fingerprint density at radius 1 is 1.35 bits per heavy atom. The van der Waals surface area contributed by atoms with Crippen molar-refractivity contribution in [2.24, 2.45) is 0 Å². The molecular formula is C14H18N2O. The van der Waals surface area contributed by atoms with E-state index in [1.54, 1.807) is 12.1 Å². The summed E-state index contributed by atoms with van der Waals surface area (Å²) in [5, 5.41) is 11.6. The van der Waals surface area contributed by atoms with Crippen LogP contribution < -0.4 is 5.32 Å². The van der Waals surface area contributed by atoms with Crippen molar-refractivity contribution >= 4 is 5.91 Å². The Bertz CT molecular complexity index is 403. The van der Waals surface area contributed by atoms with Gasteiger partial charge in [0, 0.05) is 5.56 Å². The molecule has 0 aliphatic carbocycles. The molecule has 0 spiro atoms. The molecule has 0 aliphatic heterocycles. The maximum absolute atomic E-state index is 11.8. The van der Waals surface area contributed by atoms with Crippen LogP contribution in [-0.2, 0) is 6.42 Å². The first-order chi connectivity index (χ1) is 8.21. The van der Waals surface area contributed by atoms with Crippen LogP contribution in [0, 0.1) is 11.3 Å². The average molecular weight is 230 g/mol. The van der Waals surface area contributed by atoms with E-state index in [1.165, 1.54) is 5.56 Å². The SMILES string of the molecule is CCCC(C#N)NC(=O)c1ccc(CC)cc1. The van der Waals surface area contributed by atoms with Gasteiger partial charge in [-0.3, -0.25) is 4.79 Å². The number of rotatable bonds is 5. The van der Waals surface area contributed by atoms with Crippen molar-refractivity contribution in [3.05, 3.63) is 35.4 Å². The third-order valence-corrected chi connectivity index (χ3v) is 2.66. The van der Waals surface area contributed by atoms with Crippen LogP contribution in [0.25, 0.3) is 0 Å². The first-order valence-corrected chi connectivity index (χ1v) is 6.00. The normalized spacial score (nSPS) is 11.6. The van der Waals surface area contributed by atoms with Crippen molar-refractivity contribution in [1.82, 2.24) is 5.32 Å². The Balaban J connectivity index is 2.66. The van der Waals surface area contributed by atoms with Crippen LogP contribution >= 0.6 is 0 Å². The highest BCUT2D eigenvalue weighted by atomic mass is 16.1. The van der Waals surface area contributed by atoms with E-state index in [1.807, 2.05) is 19.1 Å². The molecule has 0 bridgehead atoms. The van der Waals surface area contributed by atoms with E-state index in [4.69, 9.17) is 5.26 Å². The summed E-state index contributed by atoms with van der Waals surface area (Å²) in [4.78, 5) is 11.8. The van der Waals surface area contributed by atoms with E-state index in [-0.39, 0.29) is 5.91 Å². The Morgan fingerprint density at radius 2 is 2.00 bits per heavy atom. The second kappa shape index (κ2) is 6.70. The Hall–Kier alpha value is -1.82. The summed E-state index contributed by atoms with van der Waals surface area (Å²) in [5.74, 6) is -0.173. The van der Waals surface area contributed by atoms with Crippen LogP contribution in [0.3, 0.4) is 0 Å². The number of nitrogens with zero attached hydrogens (tertiary/aromatic N) is 1.